The third-order valence-corrected chi connectivity index (χ3v) is 4.31. The smallest absolute Gasteiger partial charge is 0.395 e. The van der Waals surface area contributed by atoms with Crippen LogP contribution in [-0.4, -0.2) is 22.0 Å². The summed E-state index contributed by atoms with van der Waals surface area (Å²) in [5.74, 6) is -0.553. The van der Waals surface area contributed by atoms with Crippen LogP contribution < -0.4 is 14.8 Å². The lowest BCUT2D eigenvalue weighted by atomic mass is 10.1. The lowest BCUT2D eigenvalue weighted by Crippen LogP contribution is -2.25. The summed E-state index contributed by atoms with van der Waals surface area (Å²) in [6.45, 7) is 4.54. The monoisotopic (exact) mass is 385 g/mol. The Labute approximate surface area is 159 Å². The highest BCUT2D eigenvalue weighted by Crippen LogP contribution is 2.42. The van der Waals surface area contributed by atoms with Crippen LogP contribution in [0.25, 0.3) is 0 Å². The summed E-state index contributed by atoms with van der Waals surface area (Å²) in [5.41, 5.74) is 3.80. The molecule has 0 saturated heterocycles. The Kier molecular flexibility index (Phi) is 4.26. The fourth-order valence-corrected chi connectivity index (χ4v) is 3.00. The van der Waals surface area contributed by atoms with Crippen molar-refractivity contribution in [1.29, 1.82) is 0 Å². The van der Waals surface area contributed by atoms with E-state index in [0.29, 0.717) is 17.8 Å². The molecule has 6 nitrogen and oxygen atoms in total. The van der Waals surface area contributed by atoms with Gasteiger partial charge in [-0.05, 0) is 49.7 Å². The summed E-state index contributed by atoms with van der Waals surface area (Å²) in [4.78, 5) is 12.4. The predicted molar refractivity (Wildman–Crippen MR) is 97.8 cm³/mol. The summed E-state index contributed by atoms with van der Waals surface area (Å²) in [6.07, 6.45) is -3.69. The second-order valence-corrected chi connectivity index (χ2v) is 6.56. The molecule has 8 heteroatoms. The maximum atomic E-state index is 13.1. The van der Waals surface area contributed by atoms with Crippen molar-refractivity contribution in [3.8, 4) is 11.5 Å². The Morgan fingerprint density at radius 3 is 2.46 bits per heavy atom. The van der Waals surface area contributed by atoms with E-state index in [-0.39, 0.29) is 17.4 Å². The van der Waals surface area contributed by atoms with Gasteiger partial charge in [0.25, 0.3) is 5.91 Å². The number of aromatic nitrogens is 2. The fraction of sp³-hybridized carbons (Fsp3) is 0.200. The molecule has 1 aromatic heterocycles. The maximum absolute atomic E-state index is 13.1. The van der Waals surface area contributed by atoms with Crippen LogP contribution in [0.2, 0.25) is 0 Å². The molecule has 2 aromatic carbocycles. The quantitative estimate of drug-likeness (QED) is 0.734. The van der Waals surface area contributed by atoms with Crippen molar-refractivity contribution in [1.82, 2.24) is 9.78 Å². The first-order valence-corrected chi connectivity index (χ1v) is 8.60. The van der Waals surface area contributed by atoms with E-state index in [4.69, 9.17) is 0 Å². The van der Waals surface area contributed by atoms with E-state index < -0.39 is 6.29 Å². The van der Waals surface area contributed by atoms with Gasteiger partial charge < -0.3 is 14.8 Å². The Hall–Kier alpha value is -3.42. The van der Waals surface area contributed by atoms with Gasteiger partial charge in [0, 0.05) is 23.0 Å². The van der Waals surface area contributed by atoms with Crippen LogP contribution in [0, 0.1) is 13.8 Å². The normalized spacial score (nSPS) is 14.1. The first-order valence-electron chi connectivity index (χ1n) is 8.60. The van der Waals surface area contributed by atoms with Gasteiger partial charge in [-0.25, -0.2) is 0 Å². The lowest BCUT2D eigenvalue weighted by molar-refractivity contribution is -0.286. The number of halogens is 2. The number of carbonyl (C=O) groups is 1. The molecule has 0 fully saturated rings. The Morgan fingerprint density at radius 2 is 1.79 bits per heavy atom. The van der Waals surface area contributed by atoms with Crippen molar-refractivity contribution in [3.63, 3.8) is 0 Å². The molecule has 144 valence electrons. The van der Waals surface area contributed by atoms with Crippen molar-refractivity contribution in [2.24, 2.45) is 0 Å². The Morgan fingerprint density at radius 1 is 1.07 bits per heavy atom. The van der Waals surface area contributed by atoms with E-state index in [2.05, 4.69) is 19.9 Å². The predicted octanol–water partition coefficient (Wildman–Crippen LogP) is 4.12. The van der Waals surface area contributed by atoms with E-state index in [1.165, 1.54) is 18.2 Å². The lowest BCUT2D eigenvalue weighted by Gasteiger charge is -2.08. The molecule has 0 atom stereocenters. The van der Waals surface area contributed by atoms with E-state index in [1.54, 1.807) is 12.1 Å². The molecule has 0 aliphatic carbocycles. The topological polar surface area (TPSA) is 65.4 Å². The molecule has 1 amide bonds. The van der Waals surface area contributed by atoms with Crippen LogP contribution in [0.4, 0.5) is 14.5 Å². The highest BCUT2D eigenvalue weighted by molar-refractivity contribution is 6.04. The molecular weight excluding hydrogens is 368 g/mol. The summed E-state index contributed by atoms with van der Waals surface area (Å²) >= 11 is 0. The van der Waals surface area contributed by atoms with Gasteiger partial charge in [-0.1, -0.05) is 12.1 Å². The number of anilines is 1. The van der Waals surface area contributed by atoms with Crippen LogP contribution in [0.15, 0.2) is 48.5 Å². The zero-order valence-corrected chi connectivity index (χ0v) is 15.2. The Bertz CT molecular complexity index is 1050. The fourth-order valence-electron chi connectivity index (χ4n) is 3.00. The van der Waals surface area contributed by atoms with Gasteiger partial charge in [0.05, 0.1) is 12.2 Å². The number of rotatable bonds is 4. The van der Waals surface area contributed by atoms with E-state index >= 15 is 0 Å². The van der Waals surface area contributed by atoms with Crippen molar-refractivity contribution in [2.45, 2.75) is 26.7 Å². The van der Waals surface area contributed by atoms with Crippen molar-refractivity contribution in [3.05, 3.63) is 71.0 Å². The van der Waals surface area contributed by atoms with Crippen LogP contribution in [0.1, 0.15) is 27.3 Å². The molecule has 3 aromatic rings. The maximum Gasteiger partial charge on any atom is 0.586 e. The minimum atomic E-state index is -3.69. The van der Waals surface area contributed by atoms with Gasteiger partial charge in [-0.3, -0.25) is 9.48 Å². The number of hydrogen-bond acceptors (Lipinski definition) is 4. The molecule has 0 spiro atoms. The van der Waals surface area contributed by atoms with Crippen molar-refractivity contribution in [2.75, 3.05) is 5.32 Å². The summed E-state index contributed by atoms with van der Waals surface area (Å²) in [7, 11) is 0. The van der Waals surface area contributed by atoms with Gasteiger partial charge in [0.2, 0.25) is 0 Å². The number of amides is 1. The molecule has 4 rings (SSSR count). The number of ether oxygens (including phenoxy) is 2. The van der Waals surface area contributed by atoms with E-state index in [0.717, 1.165) is 17.0 Å². The standard InChI is InChI=1S/C20H17F2N3O3/c1-12-9-13(2)25(24-12)11-14-3-5-15(6-4-14)19(26)23-16-7-8-17-18(10-16)28-20(21,22)27-17/h3-10H,11H2,1-2H3,(H,23,26). The van der Waals surface area contributed by atoms with Crippen LogP contribution in [0.5, 0.6) is 11.5 Å². The molecule has 1 aliphatic heterocycles. The average Bonchev–Trinajstić information content (AvgIpc) is 3.11. The molecule has 2 heterocycles. The molecule has 0 saturated carbocycles. The summed E-state index contributed by atoms with van der Waals surface area (Å²) in [5, 5.41) is 7.08. The summed E-state index contributed by atoms with van der Waals surface area (Å²) in [6, 6.07) is 13.2. The number of carbonyl (C=O) groups excluding carboxylic acids is 1. The third-order valence-electron chi connectivity index (χ3n) is 4.31. The Balaban J connectivity index is 1.44. The SMILES string of the molecule is Cc1cc(C)n(Cc2ccc(C(=O)Nc3ccc4c(c3)OC(F)(F)O4)cc2)n1. The van der Waals surface area contributed by atoms with Crippen LogP contribution in [0.3, 0.4) is 0 Å². The number of hydrogen-bond donors (Lipinski definition) is 1. The van der Waals surface area contributed by atoms with Crippen LogP contribution in [-0.2, 0) is 6.54 Å². The van der Waals surface area contributed by atoms with E-state index in [9.17, 15) is 13.6 Å². The minimum absolute atomic E-state index is 0.0727. The summed E-state index contributed by atoms with van der Waals surface area (Å²) < 4.78 is 36.8. The van der Waals surface area contributed by atoms with Gasteiger partial charge in [-0.15, -0.1) is 8.78 Å². The number of fused-ring (bicyclic) bond motifs is 1. The first-order chi connectivity index (χ1) is 13.3. The molecule has 1 N–H and O–H groups in total. The molecule has 0 bridgehead atoms. The molecule has 1 aliphatic rings. The highest BCUT2D eigenvalue weighted by Gasteiger charge is 2.43. The van der Waals surface area contributed by atoms with Gasteiger partial charge in [0.15, 0.2) is 11.5 Å². The first kappa shape index (κ1) is 18.0. The number of benzene rings is 2. The third kappa shape index (κ3) is 3.66. The van der Waals surface area contributed by atoms with Crippen molar-refractivity contribution < 1.29 is 23.0 Å². The average molecular weight is 385 g/mol. The minimum Gasteiger partial charge on any atom is -0.395 e. The second kappa shape index (κ2) is 6.63. The van der Waals surface area contributed by atoms with Crippen LogP contribution >= 0.6 is 0 Å². The van der Waals surface area contributed by atoms with Gasteiger partial charge >= 0.3 is 6.29 Å². The zero-order valence-electron chi connectivity index (χ0n) is 15.2. The van der Waals surface area contributed by atoms with Gasteiger partial charge in [0.1, 0.15) is 0 Å². The number of aryl methyl sites for hydroxylation is 2. The van der Waals surface area contributed by atoms with Gasteiger partial charge in [-0.2, -0.15) is 5.10 Å². The number of nitrogens with zero attached hydrogens (tertiary/aromatic N) is 2. The number of alkyl halides is 2. The highest BCUT2D eigenvalue weighted by atomic mass is 19.3. The van der Waals surface area contributed by atoms with Crippen molar-refractivity contribution >= 4 is 11.6 Å². The van der Waals surface area contributed by atoms with E-state index in [1.807, 2.05) is 36.7 Å². The largest absolute Gasteiger partial charge is 0.586 e. The molecule has 0 unspecified atom stereocenters. The molecule has 28 heavy (non-hydrogen) atoms. The molecular formula is C20H17F2N3O3. The second-order valence-electron chi connectivity index (χ2n) is 6.56. The molecule has 0 radical (unpaired) electrons. The zero-order chi connectivity index (χ0) is 19.9. The number of nitrogens with one attached hydrogen (secondary N) is 1.